The minimum absolute atomic E-state index is 0.0679. The third-order valence-electron chi connectivity index (χ3n) is 11.2. The largest absolute Gasteiger partial charge is 0.496 e. The number of hydrogen-bond donors (Lipinski definition) is 3. The van der Waals surface area contributed by atoms with Crippen LogP contribution in [-0.2, 0) is 4.79 Å². The van der Waals surface area contributed by atoms with E-state index in [4.69, 9.17) is 14.6 Å². The van der Waals surface area contributed by atoms with Gasteiger partial charge in [-0.3, -0.25) is 4.79 Å². The lowest BCUT2D eigenvalue weighted by atomic mass is 9.48. The van der Waals surface area contributed by atoms with E-state index in [-0.39, 0.29) is 23.4 Å². The van der Waals surface area contributed by atoms with Crippen molar-refractivity contribution in [2.75, 3.05) is 46.7 Å². The lowest BCUT2D eigenvalue weighted by Gasteiger charge is -2.59. The number of anilines is 1. The van der Waals surface area contributed by atoms with Crippen LogP contribution in [0.15, 0.2) is 42.5 Å². The smallest absolute Gasteiger partial charge is 0.330 e. The Morgan fingerprint density at radius 2 is 1.57 bits per heavy atom. The number of carboxylic acid groups (broad SMARTS) is 1. The van der Waals surface area contributed by atoms with E-state index in [1.54, 1.807) is 25.0 Å². The molecule has 1 amide bonds. The SMILES string of the molecule is CC.COc1cccc(OC)c1-c1cc(C(=O)NC2(C(=O)O)C3CC4CC(C3)CC2C4)nn1-c1ccc(NCCCCCN(C)C)cc1C(C)C. The Bertz CT molecular complexity index is 1610. The number of aromatic nitrogens is 2. The van der Waals surface area contributed by atoms with E-state index in [1.165, 1.54) is 12.8 Å². The van der Waals surface area contributed by atoms with Crippen LogP contribution in [0.4, 0.5) is 5.69 Å². The first-order chi connectivity index (χ1) is 24.5. The molecule has 10 heteroatoms. The maximum atomic E-state index is 14.3. The van der Waals surface area contributed by atoms with Gasteiger partial charge in [0, 0.05) is 12.2 Å². The first-order valence-corrected chi connectivity index (χ1v) is 19.0. The van der Waals surface area contributed by atoms with E-state index < -0.39 is 17.4 Å². The summed E-state index contributed by atoms with van der Waals surface area (Å²) < 4.78 is 13.4. The van der Waals surface area contributed by atoms with Crippen LogP contribution < -0.4 is 20.1 Å². The van der Waals surface area contributed by atoms with E-state index in [9.17, 15) is 14.7 Å². The summed E-state index contributed by atoms with van der Waals surface area (Å²) in [5, 5.41) is 22.3. The van der Waals surface area contributed by atoms with Crippen LogP contribution in [0.5, 0.6) is 11.5 Å². The van der Waals surface area contributed by atoms with Gasteiger partial charge in [-0.15, -0.1) is 0 Å². The van der Waals surface area contributed by atoms with Gasteiger partial charge in [-0.2, -0.15) is 5.10 Å². The third-order valence-corrected chi connectivity index (χ3v) is 11.2. The predicted octanol–water partition coefficient (Wildman–Crippen LogP) is 7.86. The van der Waals surface area contributed by atoms with Gasteiger partial charge in [-0.25, -0.2) is 9.48 Å². The van der Waals surface area contributed by atoms with Gasteiger partial charge >= 0.3 is 5.97 Å². The summed E-state index contributed by atoms with van der Waals surface area (Å²) in [6.45, 7) is 10.3. The number of carbonyl (C=O) groups is 2. The summed E-state index contributed by atoms with van der Waals surface area (Å²) >= 11 is 0. The molecule has 7 rings (SSSR count). The minimum atomic E-state index is -1.28. The number of hydrogen-bond acceptors (Lipinski definition) is 7. The van der Waals surface area contributed by atoms with E-state index >= 15 is 0 Å². The molecule has 4 aliphatic carbocycles. The highest BCUT2D eigenvalue weighted by Crippen LogP contribution is 2.58. The molecular formula is C41H59N5O5. The first-order valence-electron chi connectivity index (χ1n) is 19.0. The lowest BCUT2D eigenvalue weighted by molar-refractivity contribution is -0.163. The van der Waals surface area contributed by atoms with Crippen molar-refractivity contribution in [3.63, 3.8) is 0 Å². The molecule has 0 radical (unpaired) electrons. The number of carbonyl (C=O) groups excluding carboxylic acids is 1. The highest BCUT2D eigenvalue weighted by atomic mass is 16.5. The van der Waals surface area contributed by atoms with Crippen molar-refractivity contribution in [3.05, 3.63) is 53.7 Å². The number of ether oxygens (including phenoxy) is 2. The van der Waals surface area contributed by atoms with Crippen molar-refractivity contribution in [3.8, 4) is 28.4 Å². The molecule has 51 heavy (non-hydrogen) atoms. The van der Waals surface area contributed by atoms with Crippen LogP contribution in [0.3, 0.4) is 0 Å². The number of amides is 1. The zero-order valence-corrected chi connectivity index (χ0v) is 31.9. The van der Waals surface area contributed by atoms with Crippen LogP contribution in [0.2, 0.25) is 0 Å². The van der Waals surface area contributed by atoms with E-state index in [2.05, 4.69) is 55.6 Å². The summed E-state index contributed by atoms with van der Waals surface area (Å²) in [4.78, 5) is 29.6. The summed E-state index contributed by atoms with van der Waals surface area (Å²) in [5.41, 5.74) is 3.09. The molecule has 0 saturated heterocycles. The molecule has 4 bridgehead atoms. The Kier molecular flexibility index (Phi) is 12.4. The zero-order chi connectivity index (χ0) is 36.9. The standard InChI is InChI=1S/C39H53N5O5.C2H6/c1-24(2)30-22-29(40-15-8-7-9-16-43(3)4)13-14-32(30)44-33(36-34(48-5)11-10-12-35(36)49-6)23-31(42-44)37(45)41-39(38(46)47)27-18-25-17-26(20-27)21-28(39)19-25;1-2/h10-14,22-28,40H,7-9,15-21H2,1-6H3,(H,41,45)(H,46,47);1-2H3. The summed E-state index contributed by atoms with van der Waals surface area (Å²) in [7, 11) is 7.42. The fourth-order valence-electron chi connectivity index (χ4n) is 9.03. The number of benzene rings is 2. The van der Waals surface area contributed by atoms with Gasteiger partial charge in [-0.05, 0) is 137 Å². The molecule has 3 N–H and O–H groups in total. The molecule has 1 heterocycles. The predicted molar refractivity (Wildman–Crippen MR) is 203 cm³/mol. The van der Waals surface area contributed by atoms with Crippen LogP contribution in [0.25, 0.3) is 16.9 Å². The van der Waals surface area contributed by atoms with Crippen LogP contribution in [0, 0.1) is 23.7 Å². The topological polar surface area (TPSA) is 118 Å². The highest BCUT2D eigenvalue weighted by molar-refractivity contribution is 5.98. The summed E-state index contributed by atoms with van der Waals surface area (Å²) in [6.07, 6.45) is 8.02. The van der Waals surface area contributed by atoms with E-state index in [1.807, 2.05) is 38.1 Å². The monoisotopic (exact) mass is 701 g/mol. The van der Waals surface area contributed by atoms with E-state index in [0.717, 1.165) is 68.6 Å². The summed E-state index contributed by atoms with van der Waals surface area (Å²) in [5.74, 6) is 0.892. The van der Waals surface area contributed by atoms with Gasteiger partial charge in [0.1, 0.15) is 17.0 Å². The molecule has 0 unspecified atom stereocenters. The lowest BCUT2D eigenvalue weighted by Crippen LogP contribution is -2.70. The highest BCUT2D eigenvalue weighted by Gasteiger charge is 2.62. The van der Waals surface area contributed by atoms with Crippen molar-refractivity contribution in [1.82, 2.24) is 20.0 Å². The Balaban J connectivity index is 0.00000248. The second kappa shape index (κ2) is 16.5. The average Bonchev–Trinajstić information content (AvgIpc) is 3.56. The van der Waals surface area contributed by atoms with Crippen LogP contribution in [0.1, 0.15) is 101 Å². The fraction of sp³-hybridized carbons (Fsp3) is 0.585. The normalized spacial score (nSPS) is 23.2. The molecule has 2 aromatic carbocycles. The Morgan fingerprint density at radius 1 is 0.941 bits per heavy atom. The quantitative estimate of drug-likeness (QED) is 0.137. The number of nitrogens with one attached hydrogen (secondary N) is 2. The molecular weight excluding hydrogens is 642 g/mol. The molecule has 4 saturated carbocycles. The number of unbranched alkanes of at least 4 members (excludes halogenated alkanes) is 2. The Morgan fingerprint density at radius 3 is 2.12 bits per heavy atom. The molecule has 0 aliphatic heterocycles. The maximum Gasteiger partial charge on any atom is 0.330 e. The van der Waals surface area contributed by atoms with Gasteiger partial charge in [0.05, 0.1) is 31.2 Å². The van der Waals surface area contributed by atoms with Gasteiger partial charge in [0.15, 0.2) is 5.69 Å². The van der Waals surface area contributed by atoms with Gasteiger partial charge in [0.25, 0.3) is 5.91 Å². The molecule has 10 nitrogen and oxygen atoms in total. The minimum Gasteiger partial charge on any atom is -0.496 e. The molecule has 0 spiro atoms. The van der Waals surface area contributed by atoms with Crippen molar-refractivity contribution >= 4 is 17.6 Å². The average molecular weight is 702 g/mol. The number of carboxylic acids is 1. The number of rotatable bonds is 15. The second-order valence-corrected chi connectivity index (χ2v) is 15.0. The van der Waals surface area contributed by atoms with Crippen molar-refractivity contribution in [1.29, 1.82) is 0 Å². The third kappa shape index (κ3) is 7.76. The second-order valence-electron chi connectivity index (χ2n) is 15.0. The zero-order valence-electron chi connectivity index (χ0n) is 31.9. The maximum absolute atomic E-state index is 14.3. The fourth-order valence-corrected chi connectivity index (χ4v) is 9.03. The van der Waals surface area contributed by atoms with Gasteiger partial charge < -0.3 is 30.1 Å². The molecule has 1 aromatic heterocycles. The number of methoxy groups -OCH3 is 2. The number of nitrogens with zero attached hydrogens (tertiary/aromatic N) is 3. The van der Waals surface area contributed by atoms with E-state index in [0.29, 0.717) is 34.6 Å². The molecule has 278 valence electrons. The Hall–Kier alpha value is -4.05. The van der Waals surface area contributed by atoms with Gasteiger partial charge in [-0.1, -0.05) is 40.2 Å². The Labute approximate surface area is 304 Å². The van der Waals surface area contributed by atoms with Crippen molar-refractivity contribution < 1.29 is 24.2 Å². The van der Waals surface area contributed by atoms with Crippen LogP contribution in [-0.4, -0.2) is 78.6 Å². The van der Waals surface area contributed by atoms with Gasteiger partial charge in [0.2, 0.25) is 0 Å². The molecule has 4 fully saturated rings. The molecule has 0 atom stereocenters. The van der Waals surface area contributed by atoms with Crippen LogP contribution >= 0.6 is 0 Å². The van der Waals surface area contributed by atoms with Crippen molar-refractivity contribution in [2.24, 2.45) is 23.7 Å². The van der Waals surface area contributed by atoms with Crippen molar-refractivity contribution in [2.45, 2.75) is 90.5 Å². The summed E-state index contributed by atoms with van der Waals surface area (Å²) in [6, 6.07) is 13.6. The first kappa shape index (κ1) is 38.2. The molecule has 3 aromatic rings. The number of aliphatic carboxylic acids is 1. The molecule has 4 aliphatic rings.